The molecule has 9 nitrogen and oxygen atoms in total. The molecule has 0 bridgehead atoms. The molecule has 0 N–H and O–H groups in total. The third-order valence-electron chi connectivity index (χ3n) is 4.58. The van der Waals surface area contributed by atoms with Gasteiger partial charge in [0, 0.05) is 29.1 Å². The third kappa shape index (κ3) is 4.37. The minimum Gasteiger partial charge on any atom is -0.420 e. The van der Waals surface area contributed by atoms with Crippen molar-refractivity contribution in [3.05, 3.63) is 61.6 Å². The fourth-order valence-electron chi connectivity index (χ4n) is 3.03. The fraction of sp³-hybridized carbons (Fsp3) is 0.300. The summed E-state index contributed by atoms with van der Waals surface area (Å²) in [7, 11) is 0. The molecule has 0 aliphatic rings. The van der Waals surface area contributed by atoms with Crippen LogP contribution in [0.15, 0.2) is 44.7 Å². The van der Waals surface area contributed by atoms with Crippen LogP contribution < -0.4 is 5.56 Å². The summed E-state index contributed by atoms with van der Waals surface area (Å²) >= 11 is 2.92. The molecule has 0 saturated heterocycles. The Balaban J connectivity index is 1.57. The van der Waals surface area contributed by atoms with Crippen LogP contribution in [-0.4, -0.2) is 24.7 Å². The summed E-state index contributed by atoms with van der Waals surface area (Å²) in [5, 5.41) is 20.2. The van der Waals surface area contributed by atoms with Gasteiger partial charge >= 0.3 is 0 Å². The Morgan fingerprint density at radius 2 is 2.00 bits per heavy atom. The van der Waals surface area contributed by atoms with E-state index < -0.39 is 4.92 Å². The topological polar surface area (TPSA) is 117 Å². The van der Waals surface area contributed by atoms with E-state index in [1.165, 1.54) is 23.9 Å². The number of rotatable bonds is 8. The van der Waals surface area contributed by atoms with E-state index >= 15 is 0 Å². The number of thioether (sulfide) groups is 1. The summed E-state index contributed by atoms with van der Waals surface area (Å²) in [6.07, 6.45) is 1.68. The molecular formula is C20H19N5O4S2. The number of nitro benzene ring substituents is 1. The number of non-ortho nitro benzene ring substituents is 1. The van der Waals surface area contributed by atoms with E-state index in [0.29, 0.717) is 34.3 Å². The Kier molecular flexibility index (Phi) is 6.14. The first-order valence-corrected chi connectivity index (χ1v) is 11.5. The molecule has 0 amide bonds. The number of aryl methyl sites for hydroxylation is 1. The lowest BCUT2D eigenvalue weighted by Gasteiger charge is -2.09. The smallest absolute Gasteiger partial charge is 0.269 e. The highest BCUT2D eigenvalue weighted by Crippen LogP contribution is 2.28. The largest absolute Gasteiger partial charge is 0.420 e. The van der Waals surface area contributed by atoms with Crippen molar-refractivity contribution in [1.29, 1.82) is 0 Å². The summed E-state index contributed by atoms with van der Waals surface area (Å²) in [5.74, 6) is 1.02. The van der Waals surface area contributed by atoms with Gasteiger partial charge in [-0.15, -0.1) is 21.5 Å². The molecule has 0 saturated carbocycles. The molecule has 0 aliphatic carbocycles. The Hall–Kier alpha value is -3.05. The van der Waals surface area contributed by atoms with Crippen molar-refractivity contribution in [2.24, 2.45) is 0 Å². The SMILES string of the molecule is CCCn1c(SCc2nnc(-c3ccc([N+](=O)[O-])cc3)o2)nc2sc(CC)cc2c1=O. The van der Waals surface area contributed by atoms with Gasteiger partial charge in [-0.1, -0.05) is 25.6 Å². The van der Waals surface area contributed by atoms with Crippen LogP contribution in [0.5, 0.6) is 0 Å². The summed E-state index contributed by atoms with van der Waals surface area (Å²) in [6.45, 7) is 4.66. The zero-order valence-electron chi connectivity index (χ0n) is 16.9. The molecular weight excluding hydrogens is 438 g/mol. The Morgan fingerprint density at radius 3 is 2.68 bits per heavy atom. The second-order valence-electron chi connectivity index (χ2n) is 6.73. The number of nitrogens with zero attached hydrogens (tertiary/aromatic N) is 5. The molecule has 11 heteroatoms. The van der Waals surface area contributed by atoms with E-state index in [-0.39, 0.29) is 17.1 Å². The van der Waals surface area contributed by atoms with E-state index in [9.17, 15) is 14.9 Å². The molecule has 3 aromatic heterocycles. The molecule has 0 aliphatic heterocycles. The zero-order chi connectivity index (χ0) is 22.0. The van der Waals surface area contributed by atoms with E-state index in [1.54, 1.807) is 28.0 Å². The van der Waals surface area contributed by atoms with E-state index in [2.05, 4.69) is 17.1 Å². The number of fused-ring (bicyclic) bond motifs is 1. The Morgan fingerprint density at radius 1 is 1.23 bits per heavy atom. The van der Waals surface area contributed by atoms with Crippen molar-refractivity contribution in [2.75, 3.05) is 0 Å². The zero-order valence-corrected chi connectivity index (χ0v) is 18.5. The lowest BCUT2D eigenvalue weighted by atomic mass is 10.2. The van der Waals surface area contributed by atoms with Crippen LogP contribution >= 0.6 is 23.1 Å². The van der Waals surface area contributed by atoms with Crippen LogP contribution in [0, 0.1) is 10.1 Å². The van der Waals surface area contributed by atoms with Crippen LogP contribution in [0.4, 0.5) is 5.69 Å². The van der Waals surface area contributed by atoms with Gasteiger partial charge in [-0.2, -0.15) is 0 Å². The maximum Gasteiger partial charge on any atom is 0.269 e. The van der Waals surface area contributed by atoms with Crippen molar-refractivity contribution in [3.8, 4) is 11.5 Å². The molecule has 0 radical (unpaired) electrons. The molecule has 160 valence electrons. The van der Waals surface area contributed by atoms with E-state index in [1.807, 2.05) is 13.0 Å². The maximum atomic E-state index is 13.0. The molecule has 0 unspecified atom stereocenters. The fourth-order valence-corrected chi connectivity index (χ4v) is 4.90. The second kappa shape index (κ2) is 8.98. The minimum absolute atomic E-state index is 0.00536. The van der Waals surface area contributed by atoms with E-state index in [4.69, 9.17) is 9.40 Å². The van der Waals surface area contributed by atoms with Gasteiger partial charge in [0.1, 0.15) is 4.83 Å². The van der Waals surface area contributed by atoms with Gasteiger partial charge < -0.3 is 4.42 Å². The highest BCUT2D eigenvalue weighted by atomic mass is 32.2. The van der Waals surface area contributed by atoms with Gasteiger partial charge in [0.2, 0.25) is 11.8 Å². The number of hydrogen-bond donors (Lipinski definition) is 0. The highest BCUT2D eigenvalue weighted by molar-refractivity contribution is 7.98. The molecule has 3 heterocycles. The number of benzene rings is 1. The average molecular weight is 458 g/mol. The normalized spacial score (nSPS) is 11.3. The second-order valence-corrected chi connectivity index (χ2v) is 8.79. The summed E-state index contributed by atoms with van der Waals surface area (Å²) in [6, 6.07) is 7.85. The van der Waals surface area contributed by atoms with Crippen molar-refractivity contribution in [1.82, 2.24) is 19.7 Å². The van der Waals surface area contributed by atoms with E-state index in [0.717, 1.165) is 22.5 Å². The third-order valence-corrected chi connectivity index (χ3v) is 6.71. The van der Waals surface area contributed by atoms with Crippen molar-refractivity contribution < 1.29 is 9.34 Å². The Bertz CT molecular complexity index is 1290. The summed E-state index contributed by atoms with van der Waals surface area (Å²) < 4.78 is 7.41. The van der Waals surface area contributed by atoms with Crippen LogP contribution in [-0.2, 0) is 18.7 Å². The molecule has 0 fully saturated rings. The first-order valence-electron chi connectivity index (χ1n) is 9.73. The van der Waals surface area contributed by atoms with Crippen molar-refractivity contribution in [3.63, 3.8) is 0 Å². The predicted octanol–water partition coefficient (Wildman–Crippen LogP) is 4.68. The van der Waals surface area contributed by atoms with Crippen LogP contribution in [0.2, 0.25) is 0 Å². The minimum atomic E-state index is -0.462. The lowest BCUT2D eigenvalue weighted by Crippen LogP contribution is -2.22. The molecule has 4 aromatic rings. The standard InChI is InChI=1S/C20H19N5O4S2/c1-3-9-24-19(26)15-10-14(4-2)31-18(15)21-20(24)30-11-16-22-23-17(29-16)12-5-7-13(8-6-12)25(27)28/h5-8,10H,3-4,9,11H2,1-2H3. The molecule has 1 aromatic carbocycles. The first-order chi connectivity index (χ1) is 15.0. The van der Waals surface area contributed by atoms with Crippen molar-refractivity contribution >= 4 is 39.0 Å². The van der Waals surface area contributed by atoms with Crippen molar-refractivity contribution in [2.45, 2.75) is 44.1 Å². The monoisotopic (exact) mass is 457 g/mol. The van der Waals surface area contributed by atoms with Gasteiger partial charge in [-0.05, 0) is 31.0 Å². The van der Waals surface area contributed by atoms with Gasteiger partial charge in [-0.25, -0.2) is 4.98 Å². The maximum absolute atomic E-state index is 13.0. The predicted molar refractivity (Wildman–Crippen MR) is 119 cm³/mol. The van der Waals surface area contributed by atoms with Gasteiger partial charge in [0.25, 0.3) is 11.2 Å². The highest BCUT2D eigenvalue weighted by Gasteiger charge is 2.16. The number of hydrogen-bond acceptors (Lipinski definition) is 9. The van der Waals surface area contributed by atoms with Crippen LogP contribution in [0.3, 0.4) is 0 Å². The molecule has 4 rings (SSSR count). The number of aromatic nitrogens is 4. The number of nitro groups is 1. The number of thiophene rings is 1. The van der Waals surface area contributed by atoms with Crippen LogP contribution in [0.1, 0.15) is 31.0 Å². The molecule has 0 atom stereocenters. The van der Waals surface area contributed by atoms with Gasteiger partial charge in [-0.3, -0.25) is 19.5 Å². The first kappa shape index (κ1) is 21.2. The van der Waals surface area contributed by atoms with Gasteiger partial charge in [0.05, 0.1) is 16.1 Å². The average Bonchev–Trinajstić information content (AvgIpc) is 3.41. The summed E-state index contributed by atoms with van der Waals surface area (Å²) in [4.78, 5) is 29.9. The van der Waals surface area contributed by atoms with Gasteiger partial charge in [0.15, 0.2) is 5.16 Å². The van der Waals surface area contributed by atoms with Crippen LogP contribution in [0.25, 0.3) is 21.7 Å². The summed E-state index contributed by atoms with van der Waals surface area (Å²) in [5.41, 5.74) is 0.569. The quantitative estimate of drug-likeness (QED) is 0.162. The Labute approximate surface area is 185 Å². The lowest BCUT2D eigenvalue weighted by molar-refractivity contribution is -0.384. The molecule has 31 heavy (non-hydrogen) atoms. The molecule has 0 spiro atoms.